The van der Waals surface area contributed by atoms with Crippen LogP contribution in [0.4, 0.5) is 0 Å². The lowest BCUT2D eigenvalue weighted by Crippen LogP contribution is -2.32. The molecule has 0 spiro atoms. The van der Waals surface area contributed by atoms with Crippen LogP contribution in [0.15, 0.2) is 12.2 Å². The second-order valence-electron chi connectivity index (χ2n) is 5.25. The van der Waals surface area contributed by atoms with E-state index in [1.54, 1.807) is 0 Å². The molecule has 1 fully saturated rings. The molecule has 3 unspecified atom stereocenters. The average Bonchev–Trinajstić information content (AvgIpc) is 3.04. The summed E-state index contributed by atoms with van der Waals surface area (Å²) in [5, 5.41) is 2.92. The van der Waals surface area contributed by atoms with Gasteiger partial charge in [-0.1, -0.05) is 12.2 Å². The molecule has 0 bridgehead atoms. The normalized spacial score (nSPS) is 29.8. The molecule has 1 aliphatic carbocycles. The van der Waals surface area contributed by atoms with E-state index in [9.17, 15) is 4.79 Å². The summed E-state index contributed by atoms with van der Waals surface area (Å²) in [6.45, 7) is 2.86. The highest BCUT2D eigenvalue weighted by molar-refractivity contribution is 5.81. The predicted molar refractivity (Wildman–Crippen MR) is 72.6 cm³/mol. The second kappa shape index (κ2) is 7.62. The van der Waals surface area contributed by atoms with Crippen LogP contribution in [-0.4, -0.2) is 44.4 Å². The zero-order valence-corrected chi connectivity index (χ0v) is 11.3. The third kappa shape index (κ3) is 4.93. The lowest BCUT2D eigenvalue weighted by atomic mass is 10.1. The fourth-order valence-electron chi connectivity index (χ4n) is 2.43. The van der Waals surface area contributed by atoms with Crippen LogP contribution < -0.4 is 11.1 Å². The van der Waals surface area contributed by atoms with E-state index >= 15 is 0 Å². The maximum Gasteiger partial charge on any atom is 0.226 e. The van der Waals surface area contributed by atoms with Crippen LogP contribution in [0.5, 0.6) is 0 Å². The summed E-state index contributed by atoms with van der Waals surface area (Å²) in [7, 11) is 0. The topological polar surface area (TPSA) is 73.6 Å². The van der Waals surface area contributed by atoms with Gasteiger partial charge in [-0.15, -0.1) is 0 Å². The number of hydrogen-bond acceptors (Lipinski definition) is 4. The van der Waals surface area contributed by atoms with Gasteiger partial charge in [-0.3, -0.25) is 4.79 Å². The van der Waals surface area contributed by atoms with Crippen molar-refractivity contribution in [2.24, 2.45) is 11.7 Å². The van der Waals surface area contributed by atoms with E-state index < -0.39 is 0 Å². The SMILES string of the molecule is NC1C=CC(C(=O)NCCCOCC2CCCO2)C1. The molecule has 2 aliphatic rings. The van der Waals surface area contributed by atoms with Gasteiger partial charge in [0, 0.05) is 25.8 Å². The van der Waals surface area contributed by atoms with E-state index in [0.717, 1.165) is 32.3 Å². The lowest BCUT2D eigenvalue weighted by molar-refractivity contribution is -0.123. The molecule has 0 aromatic heterocycles. The highest BCUT2D eigenvalue weighted by Crippen LogP contribution is 2.16. The Morgan fingerprint density at radius 1 is 1.47 bits per heavy atom. The monoisotopic (exact) mass is 268 g/mol. The van der Waals surface area contributed by atoms with E-state index in [0.29, 0.717) is 19.8 Å². The van der Waals surface area contributed by atoms with Crippen LogP contribution in [-0.2, 0) is 14.3 Å². The Labute approximate surface area is 114 Å². The molecule has 1 amide bonds. The van der Waals surface area contributed by atoms with Crippen molar-refractivity contribution < 1.29 is 14.3 Å². The minimum atomic E-state index is -0.0530. The molecule has 0 radical (unpaired) electrons. The van der Waals surface area contributed by atoms with Gasteiger partial charge in [0.1, 0.15) is 0 Å². The van der Waals surface area contributed by atoms with Gasteiger partial charge < -0.3 is 20.5 Å². The zero-order valence-electron chi connectivity index (χ0n) is 11.3. The number of amides is 1. The number of hydrogen-bond donors (Lipinski definition) is 2. The quantitative estimate of drug-likeness (QED) is 0.523. The fraction of sp³-hybridized carbons (Fsp3) is 0.786. The summed E-state index contributed by atoms with van der Waals surface area (Å²) in [6, 6.07) is 0.0329. The van der Waals surface area contributed by atoms with Crippen LogP contribution >= 0.6 is 0 Å². The van der Waals surface area contributed by atoms with Gasteiger partial charge in [-0.25, -0.2) is 0 Å². The molecule has 0 saturated carbocycles. The minimum Gasteiger partial charge on any atom is -0.379 e. The smallest absolute Gasteiger partial charge is 0.226 e. The van der Waals surface area contributed by atoms with Crippen molar-refractivity contribution in [2.75, 3.05) is 26.4 Å². The fourth-order valence-corrected chi connectivity index (χ4v) is 2.43. The number of nitrogens with two attached hydrogens (primary N) is 1. The summed E-state index contributed by atoms with van der Waals surface area (Å²) in [5.41, 5.74) is 5.72. The van der Waals surface area contributed by atoms with Crippen LogP contribution in [0.25, 0.3) is 0 Å². The first-order valence-corrected chi connectivity index (χ1v) is 7.16. The Bertz CT molecular complexity index is 314. The molecule has 5 nitrogen and oxygen atoms in total. The standard InChI is InChI=1S/C14H24N2O3/c15-12-5-4-11(9-12)14(17)16-6-2-7-18-10-13-3-1-8-19-13/h4-5,11-13H,1-3,6-10,15H2,(H,16,17). The maximum atomic E-state index is 11.8. The predicted octanol–water partition coefficient (Wildman–Crippen LogP) is 0.592. The molecule has 3 N–H and O–H groups in total. The first kappa shape index (κ1) is 14.5. The Balaban J connectivity index is 1.45. The summed E-state index contributed by atoms with van der Waals surface area (Å²) in [4.78, 5) is 11.8. The summed E-state index contributed by atoms with van der Waals surface area (Å²) < 4.78 is 11.0. The van der Waals surface area contributed by atoms with Crippen LogP contribution in [0.3, 0.4) is 0 Å². The Morgan fingerprint density at radius 2 is 2.37 bits per heavy atom. The van der Waals surface area contributed by atoms with Crippen molar-refractivity contribution in [3.8, 4) is 0 Å². The van der Waals surface area contributed by atoms with E-state index in [2.05, 4.69) is 5.32 Å². The number of carbonyl (C=O) groups excluding carboxylic acids is 1. The third-order valence-electron chi connectivity index (χ3n) is 3.55. The molecule has 1 aliphatic heterocycles. The summed E-state index contributed by atoms with van der Waals surface area (Å²) in [6.07, 6.45) is 7.87. The first-order chi connectivity index (χ1) is 9.25. The second-order valence-corrected chi connectivity index (χ2v) is 5.25. The zero-order chi connectivity index (χ0) is 13.5. The van der Waals surface area contributed by atoms with E-state index in [4.69, 9.17) is 15.2 Å². The number of rotatable bonds is 7. The van der Waals surface area contributed by atoms with Crippen molar-refractivity contribution in [3.63, 3.8) is 0 Å². The van der Waals surface area contributed by atoms with Gasteiger partial charge in [-0.05, 0) is 25.7 Å². The van der Waals surface area contributed by atoms with Crippen molar-refractivity contribution in [3.05, 3.63) is 12.2 Å². The van der Waals surface area contributed by atoms with E-state index in [1.807, 2.05) is 12.2 Å². The lowest BCUT2D eigenvalue weighted by Gasteiger charge is -2.12. The van der Waals surface area contributed by atoms with Crippen LogP contribution in [0, 0.1) is 5.92 Å². The number of ether oxygens (including phenoxy) is 2. The van der Waals surface area contributed by atoms with Gasteiger partial charge in [0.05, 0.1) is 18.6 Å². The van der Waals surface area contributed by atoms with E-state index in [-0.39, 0.29) is 24.0 Å². The van der Waals surface area contributed by atoms with Crippen molar-refractivity contribution in [2.45, 2.75) is 37.8 Å². The van der Waals surface area contributed by atoms with E-state index in [1.165, 1.54) is 0 Å². The van der Waals surface area contributed by atoms with Gasteiger partial charge >= 0.3 is 0 Å². The van der Waals surface area contributed by atoms with Gasteiger partial charge in [0.2, 0.25) is 5.91 Å². The summed E-state index contributed by atoms with van der Waals surface area (Å²) in [5.74, 6) is 0.0196. The minimum absolute atomic E-state index is 0.0329. The molecular weight excluding hydrogens is 244 g/mol. The molecule has 0 aromatic rings. The Morgan fingerprint density at radius 3 is 3.05 bits per heavy atom. The molecule has 108 valence electrons. The third-order valence-corrected chi connectivity index (χ3v) is 3.55. The largest absolute Gasteiger partial charge is 0.379 e. The molecule has 2 rings (SSSR count). The van der Waals surface area contributed by atoms with Crippen molar-refractivity contribution in [1.82, 2.24) is 5.32 Å². The van der Waals surface area contributed by atoms with Gasteiger partial charge in [0.25, 0.3) is 0 Å². The molecule has 1 heterocycles. The van der Waals surface area contributed by atoms with Gasteiger partial charge in [0.15, 0.2) is 0 Å². The van der Waals surface area contributed by atoms with Crippen molar-refractivity contribution >= 4 is 5.91 Å². The molecular formula is C14H24N2O3. The van der Waals surface area contributed by atoms with Crippen molar-refractivity contribution in [1.29, 1.82) is 0 Å². The summed E-state index contributed by atoms with van der Waals surface area (Å²) >= 11 is 0. The first-order valence-electron chi connectivity index (χ1n) is 7.16. The van der Waals surface area contributed by atoms with Crippen LogP contribution in [0.1, 0.15) is 25.7 Å². The Hall–Kier alpha value is -0.910. The van der Waals surface area contributed by atoms with Gasteiger partial charge in [-0.2, -0.15) is 0 Å². The Kier molecular flexibility index (Phi) is 5.82. The molecule has 3 atom stereocenters. The maximum absolute atomic E-state index is 11.8. The highest BCUT2D eigenvalue weighted by Gasteiger charge is 2.22. The highest BCUT2D eigenvalue weighted by atomic mass is 16.5. The molecule has 1 saturated heterocycles. The average molecular weight is 268 g/mol. The number of nitrogens with one attached hydrogen (secondary N) is 1. The molecule has 5 heteroatoms. The molecule has 19 heavy (non-hydrogen) atoms. The van der Waals surface area contributed by atoms with Crippen LogP contribution in [0.2, 0.25) is 0 Å². The number of carbonyl (C=O) groups is 1. The molecule has 0 aromatic carbocycles.